The van der Waals surface area contributed by atoms with Crippen LogP contribution in [0.15, 0.2) is 34.9 Å². The van der Waals surface area contributed by atoms with Gasteiger partial charge in [0.1, 0.15) is 11.3 Å². The molecule has 23 heavy (non-hydrogen) atoms. The van der Waals surface area contributed by atoms with E-state index in [2.05, 4.69) is 17.2 Å². The van der Waals surface area contributed by atoms with Crippen molar-refractivity contribution in [3.05, 3.63) is 57.7 Å². The maximum atomic E-state index is 5.95. The number of nitrogens with one attached hydrogen (secondary N) is 1. The van der Waals surface area contributed by atoms with Crippen LogP contribution in [0.25, 0.3) is 10.6 Å². The molecule has 1 aromatic carbocycles. The SMILES string of the molecule is Cc1nc(CNC(C)c2sc(-c3ccc(Cl)cc3)nc2C)co1. The summed E-state index contributed by atoms with van der Waals surface area (Å²) in [4.78, 5) is 10.2. The van der Waals surface area contributed by atoms with Crippen molar-refractivity contribution in [3.8, 4) is 10.6 Å². The summed E-state index contributed by atoms with van der Waals surface area (Å²) in [7, 11) is 0. The number of oxazole rings is 1. The number of rotatable bonds is 5. The Labute approximate surface area is 144 Å². The number of hydrogen-bond acceptors (Lipinski definition) is 5. The molecular weight excluding hydrogens is 330 g/mol. The van der Waals surface area contributed by atoms with Gasteiger partial charge in [-0.15, -0.1) is 11.3 Å². The number of nitrogens with zero attached hydrogens (tertiary/aromatic N) is 2. The summed E-state index contributed by atoms with van der Waals surface area (Å²) in [6.07, 6.45) is 1.69. The standard InChI is InChI=1S/C17H18ClN3OS/c1-10(19-8-15-9-22-12(3)21-15)16-11(2)20-17(23-16)13-4-6-14(18)7-5-13/h4-7,9-10,19H,8H2,1-3H3. The van der Waals surface area contributed by atoms with Gasteiger partial charge >= 0.3 is 0 Å². The first kappa shape index (κ1) is 16.2. The van der Waals surface area contributed by atoms with Crippen molar-refractivity contribution in [2.45, 2.75) is 33.4 Å². The highest BCUT2D eigenvalue weighted by atomic mass is 35.5. The van der Waals surface area contributed by atoms with Crippen LogP contribution in [0.5, 0.6) is 0 Å². The molecule has 6 heteroatoms. The van der Waals surface area contributed by atoms with Crippen LogP contribution < -0.4 is 5.32 Å². The first-order valence-corrected chi connectivity index (χ1v) is 8.60. The average molecular weight is 348 g/mol. The molecule has 0 saturated carbocycles. The Kier molecular flexibility index (Phi) is 4.80. The Balaban J connectivity index is 1.73. The summed E-state index contributed by atoms with van der Waals surface area (Å²) in [5, 5.41) is 5.22. The molecule has 2 heterocycles. The van der Waals surface area contributed by atoms with Crippen molar-refractivity contribution < 1.29 is 4.42 Å². The quantitative estimate of drug-likeness (QED) is 0.711. The molecular formula is C17H18ClN3OS. The lowest BCUT2D eigenvalue weighted by atomic mass is 10.2. The van der Waals surface area contributed by atoms with Gasteiger partial charge < -0.3 is 9.73 Å². The molecule has 120 valence electrons. The van der Waals surface area contributed by atoms with Crippen molar-refractivity contribution in [1.82, 2.24) is 15.3 Å². The van der Waals surface area contributed by atoms with Gasteiger partial charge in [0.2, 0.25) is 0 Å². The molecule has 0 aliphatic carbocycles. The average Bonchev–Trinajstić information content (AvgIpc) is 3.11. The molecule has 0 fully saturated rings. The van der Waals surface area contributed by atoms with E-state index in [1.165, 1.54) is 4.88 Å². The summed E-state index contributed by atoms with van der Waals surface area (Å²) in [5.41, 5.74) is 3.05. The van der Waals surface area contributed by atoms with Gasteiger partial charge in [0.15, 0.2) is 5.89 Å². The predicted molar refractivity (Wildman–Crippen MR) is 93.8 cm³/mol. The maximum absolute atomic E-state index is 5.95. The van der Waals surface area contributed by atoms with Gasteiger partial charge in [-0.3, -0.25) is 0 Å². The van der Waals surface area contributed by atoms with Crippen LogP contribution in [0.3, 0.4) is 0 Å². The second-order valence-corrected chi connectivity index (χ2v) is 6.90. The summed E-state index contributed by atoms with van der Waals surface area (Å²) in [5.74, 6) is 0.688. The highest BCUT2D eigenvalue weighted by Gasteiger charge is 2.15. The molecule has 0 radical (unpaired) electrons. The van der Waals surface area contributed by atoms with Crippen LogP contribution in [-0.4, -0.2) is 9.97 Å². The van der Waals surface area contributed by atoms with E-state index < -0.39 is 0 Å². The van der Waals surface area contributed by atoms with Gasteiger partial charge in [-0.25, -0.2) is 9.97 Å². The first-order chi connectivity index (χ1) is 11.0. The highest BCUT2D eigenvalue weighted by molar-refractivity contribution is 7.15. The molecule has 0 aliphatic rings. The van der Waals surface area contributed by atoms with Crippen LogP contribution in [0.4, 0.5) is 0 Å². The minimum Gasteiger partial charge on any atom is -0.449 e. The third-order valence-corrected chi connectivity index (χ3v) is 5.21. The van der Waals surface area contributed by atoms with E-state index in [0.717, 1.165) is 27.0 Å². The van der Waals surface area contributed by atoms with E-state index in [9.17, 15) is 0 Å². The van der Waals surface area contributed by atoms with Crippen LogP contribution in [0, 0.1) is 13.8 Å². The predicted octanol–water partition coefficient (Wildman–Crippen LogP) is 4.92. The smallest absolute Gasteiger partial charge is 0.191 e. The number of benzene rings is 1. The Bertz CT molecular complexity index is 795. The monoisotopic (exact) mass is 347 g/mol. The minimum atomic E-state index is 0.200. The molecule has 2 aromatic heterocycles. The summed E-state index contributed by atoms with van der Waals surface area (Å²) >= 11 is 7.65. The van der Waals surface area contributed by atoms with E-state index >= 15 is 0 Å². The van der Waals surface area contributed by atoms with Crippen molar-refractivity contribution in [2.75, 3.05) is 0 Å². The molecule has 0 amide bonds. The van der Waals surface area contributed by atoms with E-state index in [1.54, 1.807) is 17.6 Å². The van der Waals surface area contributed by atoms with Gasteiger partial charge in [0.05, 0.1) is 11.4 Å². The van der Waals surface area contributed by atoms with Crippen LogP contribution in [0.2, 0.25) is 5.02 Å². The molecule has 4 nitrogen and oxygen atoms in total. The Morgan fingerprint density at radius 1 is 1.22 bits per heavy atom. The van der Waals surface area contributed by atoms with Gasteiger partial charge in [-0.2, -0.15) is 0 Å². The van der Waals surface area contributed by atoms with E-state index in [4.69, 9.17) is 21.0 Å². The van der Waals surface area contributed by atoms with E-state index in [-0.39, 0.29) is 6.04 Å². The normalized spacial score (nSPS) is 12.5. The molecule has 3 rings (SSSR count). The highest BCUT2D eigenvalue weighted by Crippen LogP contribution is 2.32. The summed E-state index contributed by atoms with van der Waals surface area (Å²) in [6, 6.07) is 7.98. The van der Waals surface area contributed by atoms with Crippen LogP contribution in [-0.2, 0) is 6.54 Å². The lowest BCUT2D eigenvalue weighted by molar-refractivity contribution is 0.518. The van der Waals surface area contributed by atoms with Gasteiger partial charge in [-0.1, -0.05) is 23.7 Å². The summed E-state index contributed by atoms with van der Waals surface area (Å²) in [6.45, 7) is 6.70. The number of halogens is 1. The van der Waals surface area contributed by atoms with Gasteiger partial charge in [0.25, 0.3) is 0 Å². The largest absolute Gasteiger partial charge is 0.449 e. The number of thiazole rings is 1. The molecule has 3 aromatic rings. The zero-order valence-corrected chi connectivity index (χ0v) is 14.8. The molecule has 0 aliphatic heterocycles. The number of hydrogen-bond donors (Lipinski definition) is 1. The van der Waals surface area contributed by atoms with Gasteiger partial charge in [0, 0.05) is 35.0 Å². The molecule has 0 bridgehead atoms. The number of aromatic nitrogens is 2. The lowest BCUT2D eigenvalue weighted by Gasteiger charge is -2.11. The zero-order chi connectivity index (χ0) is 16.4. The fourth-order valence-electron chi connectivity index (χ4n) is 2.37. The maximum Gasteiger partial charge on any atom is 0.191 e. The van der Waals surface area contributed by atoms with Gasteiger partial charge in [-0.05, 0) is 26.0 Å². The molecule has 1 N–H and O–H groups in total. The third kappa shape index (κ3) is 3.80. The third-order valence-electron chi connectivity index (χ3n) is 3.57. The minimum absolute atomic E-state index is 0.200. The Morgan fingerprint density at radius 3 is 2.61 bits per heavy atom. The summed E-state index contributed by atoms with van der Waals surface area (Å²) < 4.78 is 5.23. The molecule has 0 spiro atoms. The molecule has 0 saturated heterocycles. The van der Waals surface area contributed by atoms with Crippen molar-refractivity contribution >= 4 is 22.9 Å². The topological polar surface area (TPSA) is 51.0 Å². The second-order valence-electron chi connectivity index (χ2n) is 5.44. The van der Waals surface area contributed by atoms with Crippen LogP contribution in [0.1, 0.15) is 35.1 Å². The van der Waals surface area contributed by atoms with Crippen LogP contribution >= 0.6 is 22.9 Å². The second kappa shape index (κ2) is 6.83. The lowest BCUT2D eigenvalue weighted by Crippen LogP contribution is -2.18. The Morgan fingerprint density at radius 2 is 1.96 bits per heavy atom. The van der Waals surface area contributed by atoms with Crippen molar-refractivity contribution in [1.29, 1.82) is 0 Å². The number of aryl methyl sites for hydroxylation is 2. The molecule has 1 atom stereocenters. The zero-order valence-electron chi connectivity index (χ0n) is 13.3. The van der Waals surface area contributed by atoms with E-state index in [0.29, 0.717) is 12.4 Å². The Hall–Kier alpha value is -1.69. The van der Waals surface area contributed by atoms with Crippen molar-refractivity contribution in [3.63, 3.8) is 0 Å². The fraction of sp³-hybridized carbons (Fsp3) is 0.294. The fourth-order valence-corrected chi connectivity index (χ4v) is 3.59. The van der Waals surface area contributed by atoms with E-state index in [1.807, 2.05) is 38.1 Å². The first-order valence-electron chi connectivity index (χ1n) is 7.40. The molecule has 1 unspecified atom stereocenters. The van der Waals surface area contributed by atoms with Crippen molar-refractivity contribution in [2.24, 2.45) is 0 Å².